The first-order chi connectivity index (χ1) is 16.6. The fourth-order valence-corrected chi connectivity index (χ4v) is 20.0. The van der Waals surface area contributed by atoms with Gasteiger partial charge in [-0.25, -0.2) is 0 Å². The second-order valence-electron chi connectivity index (χ2n) is 12.3. The molecule has 0 amide bonds. The summed E-state index contributed by atoms with van der Waals surface area (Å²) in [4.78, 5) is 0. The summed E-state index contributed by atoms with van der Waals surface area (Å²) in [7, 11) is -1.49. The molecule has 1 unspecified atom stereocenters. The van der Waals surface area contributed by atoms with Crippen LogP contribution in [0.5, 0.6) is 0 Å². The van der Waals surface area contributed by atoms with E-state index in [2.05, 4.69) is 96.7 Å². The molecule has 0 aliphatic rings. The summed E-state index contributed by atoms with van der Waals surface area (Å²) in [5, 5.41) is 0.351. The van der Waals surface area contributed by atoms with Crippen LogP contribution in [0.25, 0.3) is 0 Å². The van der Waals surface area contributed by atoms with Gasteiger partial charge in [-0.05, 0) is 0 Å². The van der Waals surface area contributed by atoms with Crippen LogP contribution >= 0.6 is 0 Å². The Kier molecular flexibility index (Phi) is 16.4. The average molecular weight is 610 g/mol. The van der Waals surface area contributed by atoms with Gasteiger partial charge in [0, 0.05) is 0 Å². The van der Waals surface area contributed by atoms with E-state index in [-0.39, 0.29) is 6.10 Å². The third-order valence-electron chi connectivity index (χ3n) is 8.10. The van der Waals surface area contributed by atoms with Crippen LogP contribution in [0.2, 0.25) is 31.4 Å². The zero-order chi connectivity index (χ0) is 26.2. The predicted octanol–water partition coefficient (Wildman–Crippen LogP) is 9.97. The zero-order valence-corrected chi connectivity index (χ0v) is 28.5. The molecule has 0 aliphatic carbocycles. The Hall–Kier alpha value is -0.104. The van der Waals surface area contributed by atoms with Crippen molar-refractivity contribution in [3.05, 3.63) is 47.7 Å². The third kappa shape index (κ3) is 13.3. The van der Waals surface area contributed by atoms with Crippen LogP contribution in [0.3, 0.4) is 0 Å². The number of hydrogen-bond acceptors (Lipinski definition) is 2. The summed E-state index contributed by atoms with van der Waals surface area (Å²) in [6.45, 7) is 20.6. The molecule has 0 aliphatic heterocycles. The molecule has 4 heteroatoms. The molecule has 1 rings (SSSR count). The quantitative estimate of drug-likeness (QED) is 0.115. The van der Waals surface area contributed by atoms with Gasteiger partial charge >= 0.3 is 225 Å². The molecule has 1 aromatic rings. The maximum absolute atomic E-state index is 6.91. The van der Waals surface area contributed by atoms with Crippen molar-refractivity contribution in [2.45, 2.75) is 131 Å². The van der Waals surface area contributed by atoms with E-state index in [9.17, 15) is 0 Å². The third-order valence-corrected chi connectivity index (χ3v) is 27.3. The van der Waals surface area contributed by atoms with E-state index in [4.69, 9.17) is 9.47 Å². The normalized spacial score (nSPS) is 14.1. The van der Waals surface area contributed by atoms with Crippen LogP contribution < -0.4 is 0 Å². The monoisotopic (exact) mass is 610 g/mol. The second kappa shape index (κ2) is 17.4. The Labute approximate surface area is 224 Å². The summed E-state index contributed by atoms with van der Waals surface area (Å²) < 4.78 is 18.6. The summed E-state index contributed by atoms with van der Waals surface area (Å²) in [5.74, 6) is 0. The van der Waals surface area contributed by atoms with Crippen LogP contribution in [0.15, 0.2) is 42.1 Å². The minimum atomic E-state index is -2.31. The predicted molar refractivity (Wildman–Crippen MR) is 162 cm³/mol. The molecule has 0 N–H and O–H groups in total. The van der Waals surface area contributed by atoms with Gasteiger partial charge in [-0.3, -0.25) is 0 Å². The second-order valence-corrected chi connectivity index (χ2v) is 31.3. The summed E-state index contributed by atoms with van der Waals surface area (Å²) in [5.41, 5.74) is 3.80. The van der Waals surface area contributed by atoms with Crippen molar-refractivity contribution in [3.63, 3.8) is 0 Å². The molecular weight excluding hydrogens is 551 g/mol. The maximum atomic E-state index is 6.91. The van der Waals surface area contributed by atoms with Crippen molar-refractivity contribution < 1.29 is 9.47 Å². The number of rotatable bonds is 19. The Morgan fingerprint density at radius 2 is 1.43 bits per heavy atom. The fourth-order valence-electron chi connectivity index (χ4n) is 4.33. The van der Waals surface area contributed by atoms with Crippen molar-refractivity contribution in [3.8, 4) is 0 Å². The molecular formula is C31H58O2SiSn. The Balaban J connectivity index is 2.93. The molecule has 1 atom stereocenters. The van der Waals surface area contributed by atoms with E-state index in [0.717, 1.165) is 17.7 Å². The fraction of sp³-hybridized carbons (Fsp3) is 0.742. The molecule has 202 valence electrons. The molecule has 0 bridgehead atoms. The molecule has 0 heterocycles. The molecule has 0 saturated heterocycles. The molecule has 35 heavy (non-hydrogen) atoms. The van der Waals surface area contributed by atoms with Crippen LogP contribution in [0.1, 0.15) is 92.1 Å². The molecule has 0 fully saturated rings. The molecule has 1 aromatic carbocycles. The van der Waals surface area contributed by atoms with Gasteiger partial charge in [-0.15, -0.1) is 0 Å². The molecule has 0 aromatic heterocycles. The van der Waals surface area contributed by atoms with E-state index in [1.54, 1.807) is 0 Å². The summed E-state index contributed by atoms with van der Waals surface area (Å²) in [6.07, 6.45) is 11.7. The van der Waals surface area contributed by atoms with Gasteiger partial charge in [0.2, 0.25) is 0 Å². The first-order valence-corrected chi connectivity index (χ1v) is 25.7. The van der Waals surface area contributed by atoms with Crippen LogP contribution in [-0.2, 0) is 16.1 Å². The SMILES string of the molecule is CCC[CH2][Sn]([CH2]CCC)([CH2]CCC)[CH2]OC(/C=C\[Si](C)(C)C(C)(C)C)CCOCc1ccccc1. The van der Waals surface area contributed by atoms with Gasteiger partial charge in [0.15, 0.2) is 0 Å². The Morgan fingerprint density at radius 1 is 0.886 bits per heavy atom. The summed E-state index contributed by atoms with van der Waals surface area (Å²) >= 11 is -2.31. The Morgan fingerprint density at radius 3 is 1.91 bits per heavy atom. The molecule has 2 nitrogen and oxygen atoms in total. The van der Waals surface area contributed by atoms with Gasteiger partial charge < -0.3 is 0 Å². The number of ether oxygens (including phenoxy) is 2. The average Bonchev–Trinajstić information content (AvgIpc) is 2.83. The topological polar surface area (TPSA) is 18.5 Å². The van der Waals surface area contributed by atoms with Crippen molar-refractivity contribution >= 4 is 26.5 Å². The zero-order valence-electron chi connectivity index (χ0n) is 24.6. The van der Waals surface area contributed by atoms with Crippen LogP contribution in [0, 0.1) is 0 Å². The minimum absolute atomic E-state index is 0.181. The van der Waals surface area contributed by atoms with Gasteiger partial charge in [-0.1, -0.05) is 0 Å². The standard InChI is InChI=1S/C19H31O2Si.3C4H9.Sn/c1-19(2,3)22(5,6)15-13-18(20-4)12-14-21-16-17-10-8-7-9-11-17;3*1-3-4-2;/h7-11,13,15,18H,4,12,14,16H2,1-3,5-6H3;3*1,3-4H2,2H3;/b15-13-;;;;. The summed E-state index contributed by atoms with van der Waals surface area (Å²) in [6, 6.07) is 10.5. The molecule has 0 saturated carbocycles. The van der Waals surface area contributed by atoms with Crippen molar-refractivity contribution in [2.75, 3.05) is 11.2 Å². The van der Waals surface area contributed by atoms with Crippen molar-refractivity contribution in [2.24, 2.45) is 0 Å². The van der Waals surface area contributed by atoms with E-state index in [0.29, 0.717) is 11.6 Å². The van der Waals surface area contributed by atoms with Crippen LogP contribution in [0.4, 0.5) is 0 Å². The molecule has 0 radical (unpaired) electrons. The number of benzene rings is 1. The van der Waals surface area contributed by atoms with Crippen molar-refractivity contribution in [1.29, 1.82) is 0 Å². The first kappa shape index (κ1) is 32.9. The van der Waals surface area contributed by atoms with E-state index < -0.39 is 26.5 Å². The molecule has 0 spiro atoms. The van der Waals surface area contributed by atoms with E-state index in [1.165, 1.54) is 57.4 Å². The Bertz CT molecular complexity index is 659. The van der Waals surface area contributed by atoms with E-state index in [1.807, 2.05) is 0 Å². The van der Waals surface area contributed by atoms with Crippen LogP contribution in [-0.4, -0.2) is 43.8 Å². The van der Waals surface area contributed by atoms with Crippen molar-refractivity contribution in [1.82, 2.24) is 0 Å². The van der Waals surface area contributed by atoms with E-state index >= 15 is 0 Å². The number of unbranched alkanes of at least 4 members (excludes halogenated alkanes) is 3. The van der Waals surface area contributed by atoms with Gasteiger partial charge in [0.1, 0.15) is 0 Å². The van der Waals surface area contributed by atoms with Gasteiger partial charge in [0.05, 0.1) is 0 Å². The first-order valence-electron chi connectivity index (χ1n) is 14.5. The number of hydrogen-bond donors (Lipinski definition) is 0. The van der Waals surface area contributed by atoms with Gasteiger partial charge in [0.25, 0.3) is 0 Å². The van der Waals surface area contributed by atoms with Gasteiger partial charge in [-0.2, -0.15) is 0 Å².